The Morgan fingerprint density at radius 1 is 1.10 bits per heavy atom. The van der Waals surface area contributed by atoms with Crippen LogP contribution in [0.3, 0.4) is 0 Å². The number of hydrogen-bond acceptors (Lipinski definition) is 2. The fourth-order valence-corrected chi connectivity index (χ4v) is 3.81. The summed E-state index contributed by atoms with van der Waals surface area (Å²) in [6.45, 7) is 0.853. The topological polar surface area (TPSA) is 21.3 Å². The van der Waals surface area contributed by atoms with E-state index in [0.717, 1.165) is 17.5 Å². The molecule has 4 rings (SSSR count). The van der Waals surface area contributed by atoms with E-state index in [2.05, 4.69) is 69.8 Å². The third-order valence-electron chi connectivity index (χ3n) is 4.36. The van der Waals surface area contributed by atoms with Crippen molar-refractivity contribution in [2.24, 2.45) is 5.92 Å². The fraction of sp³-hybridized carbons (Fsp3) is 0.294. The minimum atomic E-state index is 0.217. The van der Waals surface area contributed by atoms with Gasteiger partial charge >= 0.3 is 0 Å². The molecule has 1 N–H and O–H groups in total. The van der Waals surface area contributed by atoms with Crippen LogP contribution in [-0.2, 0) is 4.74 Å². The molecule has 0 saturated carbocycles. The summed E-state index contributed by atoms with van der Waals surface area (Å²) in [5, 5.41) is 3.71. The molecule has 2 nitrogen and oxygen atoms in total. The fourth-order valence-electron chi connectivity index (χ4n) is 3.43. The highest BCUT2D eigenvalue weighted by atomic mass is 79.9. The molecule has 0 aromatic heterocycles. The summed E-state index contributed by atoms with van der Waals surface area (Å²) >= 11 is 3.56. The first-order valence-electron chi connectivity index (χ1n) is 7.05. The SMILES string of the molecule is Brc1ccc2c(c1)C1OCCC1C(c1ccccc1)N2. The van der Waals surface area contributed by atoms with Gasteiger partial charge in [-0.05, 0) is 30.2 Å². The lowest BCUT2D eigenvalue weighted by atomic mass is 9.81. The number of ether oxygens (including phenoxy) is 1. The van der Waals surface area contributed by atoms with Crippen LogP contribution in [0.25, 0.3) is 0 Å². The van der Waals surface area contributed by atoms with E-state index in [9.17, 15) is 0 Å². The molecule has 2 aromatic rings. The molecule has 2 heterocycles. The molecule has 0 radical (unpaired) electrons. The van der Waals surface area contributed by atoms with E-state index >= 15 is 0 Å². The van der Waals surface area contributed by atoms with E-state index in [4.69, 9.17) is 4.74 Å². The van der Waals surface area contributed by atoms with Gasteiger partial charge in [-0.3, -0.25) is 0 Å². The molecule has 1 fully saturated rings. The Labute approximate surface area is 127 Å². The Bertz CT molecular complexity index is 628. The second kappa shape index (κ2) is 4.90. The minimum absolute atomic E-state index is 0.217. The van der Waals surface area contributed by atoms with Gasteiger partial charge in [0.1, 0.15) is 0 Å². The van der Waals surface area contributed by atoms with Gasteiger partial charge in [0.2, 0.25) is 0 Å². The zero-order chi connectivity index (χ0) is 13.5. The van der Waals surface area contributed by atoms with Gasteiger partial charge in [-0.1, -0.05) is 46.3 Å². The summed E-state index contributed by atoms with van der Waals surface area (Å²) in [6, 6.07) is 17.5. The normalized spacial score (nSPS) is 27.6. The first-order valence-corrected chi connectivity index (χ1v) is 7.85. The zero-order valence-electron chi connectivity index (χ0n) is 11.1. The largest absolute Gasteiger partial charge is 0.378 e. The smallest absolute Gasteiger partial charge is 0.0897 e. The Morgan fingerprint density at radius 2 is 1.95 bits per heavy atom. The van der Waals surface area contributed by atoms with Gasteiger partial charge in [0.05, 0.1) is 12.1 Å². The number of halogens is 1. The number of nitrogens with one attached hydrogen (secondary N) is 1. The molecule has 0 amide bonds. The van der Waals surface area contributed by atoms with Crippen molar-refractivity contribution in [2.45, 2.75) is 18.6 Å². The number of benzene rings is 2. The van der Waals surface area contributed by atoms with Crippen molar-refractivity contribution in [1.29, 1.82) is 0 Å². The summed E-state index contributed by atoms with van der Waals surface area (Å²) in [4.78, 5) is 0. The molecule has 20 heavy (non-hydrogen) atoms. The van der Waals surface area contributed by atoms with Crippen molar-refractivity contribution in [1.82, 2.24) is 0 Å². The monoisotopic (exact) mass is 329 g/mol. The highest BCUT2D eigenvalue weighted by Crippen LogP contribution is 2.50. The van der Waals surface area contributed by atoms with E-state index in [1.165, 1.54) is 16.8 Å². The molecular weight excluding hydrogens is 314 g/mol. The molecule has 3 atom stereocenters. The molecule has 3 unspecified atom stereocenters. The molecule has 1 saturated heterocycles. The van der Waals surface area contributed by atoms with Crippen molar-refractivity contribution in [3.63, 3.8) is 0 Å². The second-order valence-corrected chi connectivity index (χ2v) is 6.42. The van der Waals surface area contributed by atoms with Crippen molar-refractivity contribution in [3.8, 4) is 0 Å². The van der Waals surface area contributed by atoms with E-state index in [1.807, 2.05) is 0 Å². The molecule has 2 aromatic carbocycles. The quantitative estimate of drug-likeness (QED) is 0.819. The highest BCUT2D eigenvalue weighted by molar-refractivity contribution is 9.10. The first-order chi connectivity index (χ1) is 9.83. The van der Waals surface area contributed by atoms with Gasteiger partial charge in [0.15, 0.2) is 0 Å². The van der Waals surface area contributed by atoms with Gasteiger partial charge in [-0.25, -0.2) is 0 Å². The average Bonchev–Trinajstić information content (AvgIpc) is 2.97. The maximum Gasteiger partial charge on any atom is 0.0897 e. The number of anilines is 1. The Morgan fingerprint density at radius 3 is 2.80 bits per heavy atom. The van der Waals surface area contributed by atoms with Crippen LogP contribution in [0.4, 0.5) is 5.69 Å². The van der Waals surface area contributed by atoms with Crippen LogP contribution < -0.4 is 5.32 Å². The van der Waals surface area contributed by atoms with Crippen LogP contribution in [0.5, 0.6) is 0 Å². The molecule has 102 valence electrons. The standard InChI is InChI=1S/C17H16BrNO/c18-12-6-7-15-14(10-12)17-13(8-9-20-17)16(19-15)11-4-2-1-3-5-11/h1-7,10,13,16-17,19H,8-9H2. The van der Waals surface area contributed by atoms with Crippen LogP contribution >= 0.6 is 15.9 Å². The molecule has 0 aliphatic carbocycles. The van der Waals surface area contributed by atoms with E-state index in [-0.39, 0.29) is 6.10 Å². The Balaban J connectivity index is 1.79. The lowest BCUT2D eigenvalue weighted by molar-refractivity contribution is 0.0829. The van der Waals surface area contributed by atoms with Crippen LogP contribution in [0.2, 0.25) is 0 Å². The highest BCUT2D eigenvalue weighted by Gasteiger charge is 2.41. The van der Waals surface area contributed by atoms with Gasteiger partial charge in [0.25, 0.3) is 0 Å². The first kappa shape index (κ1) is 12.4. The van der Waals surface area contributed by atoms with Gasteiger partial charge in [-0.2, -0.15) is 0 Å². The van der Waals surface area contributed by atoms with E-state index < -0.39 is 0 Å². The Hall–Kier alpha value is -1.32. The third-order valence-corrected chi connectivity index (χ3v) is 4.85. The van der Waals surface area contributed by atoms with Crippen LogP contribution in [0.1, 0.15) is 29.7 Å². The lowest BCUT2D eigenvalue weighted by Crippen LogP contribution is -2.29. The molecule has 3 heteroatoms. The lowest BCUT2D eigenvalue weighted by Gasteiger charge is -2.36. The molecule has 2 aliphatic heterocycles. The van der Waals surface area contributed by atoms with Crippen molar-refractivity contribution < 1.29 is 4.74 Å². The predicted molar refractivity (Wildman–Crippen MR) is 83.7 cm³/mol. The Kier molecular flexibility index (Phi) is 3.04. The third kappa shape index (κ3) is 1.97. The average molecular weight is 330 g/mol. The second-order valence-electron chi connectivity index (χ2n) is 5.51. The van der Waals surface area contributed by atoms with Crippen molar-refractivity contribution in [2.75, 3.05) is 11.9 Å². The summed E-state index contributed by atoms with van der Waals surface area (Å²) in [7, 11) is 0. The zero-order valence-corrected chi connectivity index (χ0v) is 12.6. The summed E-state index contributed by atoms with van der Waals surface area (Å²) in [5.41, 5.74) is 3.83. The van der Waals surface area contributed by atoms with Crippen LogP contribution in [0, 0.1) is 5.92 Å². The summed E-state index contributed by atoms with van der Waals surface area (Å²) in [5.74, 6) is 0.513. The summed E-state index contributed by atoms with van der Waals surface area (Å²) < 4.78 is 7.15. The van der Waals surface area contributed by atoms with E-state index in [1.54, 1.807) is 0 Å². The van der Waals surface area contributed by atoms with Crippen molar-refractivity contribution >= 4 is 21.6 Å². The van der Waals surface area contributed by atoms with Crippen molar-refractivity contribution in [3.05, 3.63) is 64.1 Å². The number of hydrogen-bond donors (Lipinski definition) is 1. The maximum absolute atomic E-state index is 6.03. The molecular formula is C17H16BrNO. The van der Waals surface area contributed by atoms with Gasteiger partial charge < -0.3 is 10.1 Å². The molecule has 0 spiro atoms. The molecule has 2 aliphatic rings. The summed E-state index contributed by atoms with van der Waals surface area (Å²) in [6.07, 6.45) is 1.33. The van der Waals surface area contributed by atoms with Gasteiger partial charge in [0, 0.05) is 28.2 Å². The number of fused-ring (bicyclic) bond motifs is 3. The van der Waals surface area contributed by atoms with Crippen LogP contribution in [-0.4, -0.2) is 6.61 Å². The maximum atomic E-state index is 6.03. The minimum Gasteiger partial charge on any atom is -0.378 e. The van der Waals surface area contributed by atoms with Crippen LogP contribution in [0.15, 0.2) is 53.0 Å². The number of rotatable bonds is 1. The van der Waals surface area contributed by atoms with E-state index in [0.29, 0.717) is 12.0 Å². The van der Waals surface area contributed by atoms with Gasteiger partial charge in [-0.15, -0.1) is 0 Å². The molecule has 0 bridgehead atoms. The predicted octanol–water partition coefficient (Wildman–Crippen LogP) is 4.69.